The van der Waals surface area contributed by atoms with Gasteiger partial charge in [0, 0.05) is 141 Å². The number of urea groups is 9. The molecular weight excluding hydrogens is 2120 g/mol. The largest absolute Gasteiger partial charge is 0.416 e. The third-order valence-electron chi connectivity index (χ3n) is 16.7. The Morgan fingerprint density at radius 1 is 0.295 bits per heavy atom. The number of aryl methyl sites for hydroxylation is 2. The molecule has 9 aromatic carbocycles. The second-order valence-electron chi connectivity index (χ2n) is 27.5. The molecule has 0 atom stereocenters. The van der Waals surface area contributed by atoms with Crippen molar-refractivity contribution in [1.29, 1.82) is 0 Å². The molecule has 9 rings (SSSR count). The first kappa shape index (κ1) is 124. The van der Waals surface area contributed by atoms with Crippen molar-refractivity contribution in [2.45, 2.75) is 78.9 Å². The van der Waals surface area contributed by atoms with Crippen LogP contribution in [0.2, 0.25) is 5.02 Å². The summed E-state index contributed by atoms with van der Waals surface area (Å²) in [7, 11) is 0. The van der Waals surface area contributed by atoms with Gasteiger partial charge in [0.05, 0.1) is 10.6 Å². The highest BCUT2D eigenvalue weighted by Gasteiger charge is 2.33. The van der Waals surface area contributed by atoms with Gasteiger partial charge in [-0.15, -0.1) is 0 Å². The van der Waals surface area contributed by atoms with Crippen LogP contribution in [-0.4, -0.2) is 173 Å². The lowest BCUT2D eigenvalue weighted by molar-refractivity contribution is -0.138. The minimum Gasteiger partial charge on any atom is -0.336 e. The number of carbonyl (C=O) groups is 9. The molecule has 0 fully saturated rings. The van der Waals surface area contributed by atoms with Crippen molar-refractivity contribution in [3.8, 4) is 0 Å². The SMILES string of the molecule is Cc1cccc(CNC(=O)NCCF)c1.Cc1ccccc1CNC(=O)NCCF.O=C(NCCF)NCc1cccc(Br)c1.O=C(NCCF)NCc1cccc(Cl)c1F.O=C(NCCF)NCc1cccc(F)c1.O=C(NCCF)NCc1cccc(I)c1.O=C(NCCF)NCc1ccccc1Br.O=C(NCCF)NCc1ccccc1C(F)(F)F.O=C(NCCF)NCc1ccccc1F. The van der Waals surface area contributed by atoms with Gasteiger partial charge in [-0.25, -0.2) is 95.8 Å². The second-order valence-corrected chi connectivity index (χ2v) is 31.0. The van der Waals surface area contributed by atoms with E-state index in [1.54, 1.807) is 36.4 Å². The molecule has 18 N–H and O–H groups in total. The first-order valence-electron chi connectivity index (χ1n) is 42.3. The fourth-order valence-corrected chi connectivity index (χ4v) is 11.8. The number of carbonyl (C=O) groups excluding carboxylic acids is 9. The highest BCUT2D eigenvalue weighted by atomic mass is 127. The van der Waals surface area contributed by atoms with Crippen LogP contribution in [0.5, 0.6) is 0 Å². The minimum atomic E-state index is -4.46. The molecule has 0 aliphatic rings. The molecule has 0 heterocycles. The van der Waals surface area contributed by atoms with E-state index in [0.29, 0.717) is 43.9 Å². The molecule has 0 bridgehead atoms. The maximum atomic E-state index is 13.3. The summed E-state index contributed by atoms with van der Waals surface area (Å²) in [5.41, 5.74) is 7.86. The van der Waals surface area contributed by atoms with Crippen molar-refractivity contribution in [2.24, 2.45) is 0 Å². The Kier molecular flexibility index (Phi) is 70.0. The summed E-state index contributed by atoms with van der Waals surface area (Å²) < 4.78 is 185. The van der Waals surface area contributed by atoms with E-state index >= 15 is 0 Å². The monoisotopic (exact) mass is 2230 g/mol. The van der Waals surface area contributed by atoms with E-state index in [4.69, 9.17) is 11.6 Å². The van der Waals surface area contributed by atoms with Gasteiger partial charge >= 0.3 is 60.5 Å². The van der Waals surface area contributed by atoms with Crippen molar-refractivity contribution < 1.29 is 109 Å². The maximum Gasteiger partial charge on any atom is 0.416 e. The van der Waals surface area contributed by atoms with E-state index in [9.17, 15) is 109 Å². The third-order valence-corrected chi connectivity index (χ3v) is 18.9. The summed E-state index contributed by atoms with van der Waals surface area (Å²) in [6.07, 6.45) is -4.46. The van der Waals surface area contributed by atoms with Gasteiger partial charge in [-0.1, -0.05) is 201 Å². The molecule has 0 saturated heterocycles. The summed E-state index contributed by atoms with van der Waals surface area (Å²) in [6.45, 7) is 0.863. The summed E-state index contributed by atoms with van der Waals surface area (Å²) in [5.74, 6) is -1.28. The fourth-order valence-electron chi connectivity index (χ4n) is 10.1. The first-order chi connectivity index (χ1) is 66.7. The number of hydrogen-bond donors (Lipinski definition) is 18. The van der Waals surface area contributed by atoms with E-state index < -0.39 is 102 Å². The Labute approximate surface area is 831 Å². The molecule has 18 amide bonds. The lowest BCUT2D eigenvalue weighted by atomic mass is 10.1. The average Bonchev–Trinajstić information content (AvgIpc) is 0.835. The summed E-state index contributed by atoms with van der Waals surface area (Å²) >= 11 is 14.5. The Hall–Kier alpha value is -12.7. The Bertz CT molecular complexity index is 4620. The molecule has 27 nitrogen and oxygen atoms in total. The van der Waals surface area contributed by atoms with E-state index in [1.807, 2.05) is 135 Å². The average molecular weight is 2230 g/mol. The van der Waals surface area contributed by atoms with Crippen molar-refractivity contribution in [2.75, 3.05) is 119 Å². The number of rotatable bonds is 36. The lowest BCUT2D eigenvalue weighted by Gasteiger charge is -2.13. The number of benzene rings is 9. The van der Waals surface area contributed by atoms with E-state index in [-0.39, 0.29) is 143 Å². The molecule has 9 aromatic rings. The number of hydrogen-bond acceptors (Lipinski definition) is 9. The second kappa shape index (κ2) is 78.3. The highest BCUT2D eigenvalue weighted by molar-refractivity contribution is 14.1. The van der Waals surface area contributed by atoms with Crippen LogP contribution >= 0.6 is 66.1 Å². The quantitative estimate of drug-likeness (QED) is 0.0131. The summed E-state index contributed by atoms with van der Waals surface area (Å²) in [5, 5.41) is 43.6. The van der Waals surface area contributed by atoms with Crippen molar-refractivity contribution in [3.63, 3.8) is 0 Å². The number of alkyl halides is 12. The maximum absolute atomic E-state index is 13.3. The van der Waals surface area contributed by atoms with Gasteiger partial charge in [0.2, 0.25) is 0 Å². The van der Waals surface area contributed by atoms with Gasteiger partial charge in [-0.05, 0) is 142 Å². The van der Waals surface area contributed by atoms with Crippen LogP contribution in [0.4, 0.5) is 109 Å². The van der Waals surface area contributed by atoms with Gasteiger partial charge in [0.1, 0.15) is 77.5 Å². The molecule has 0 radical (unpaired) electrons. The van der Waals surface area contributed by atoms with Gasteiger partial charge in [-0.3, -0.25) is 0 Å². The predicted molar refractivity (Wildman–Crippen MR) is 521 cm³/mol. The van der Waals surface area contributed by atoms with Crippen LogP contribution in [0.15, 0.2) is 221 Å². The fraction of sp³-hybridized carbons (Fsp3) is 0.323. The molecule has 0 spiro atoms. The van der Waals surface area contributed by atoms with E-state index in [1.165, 1.54) is 48.5 Å². The van der Waals surface area contributed by atoms with Crippen LogP contribution in [0.1, 0.15) is 66.8 Å². The van der Waals surface area contributed by atoms with E-state index in [0.717, 1.165) is 57.5 Å². The van der Waals surface area contributed by atoms with Crippen molar-refractivity contribution in [1.82, 2.24) is 95.7 Å². The molecule has 0 aliphatic heterocycles. The number of amides is 18. The van der Waals surface area contributed by atoms with Gasteiger partial charge in [-0.2, -0.15) is 13.2 Å². The number of nitrogens with one attached hydrogen (secondary N) is 18. The Morgan fingerprint density at radius 3 is 0.964 bits per heavy atom. The van der Waals surface area contributed by atoms with Crippen LogP contribution in [-0.2, 0) is 65.1 Å². The topological polar surface area (TPSA) is 370 Å². The van der Waals surface area contributed by atoms with Gasteiger partial charge in [0.25, 0.3) is 0 Å². The molecule has 139 heavy (non-hydrogen) atoms. The number of halogens is 19. The van der Waals surface area contributed by atoms with Gasteiger partial charge in [0.15, 0.2) is 0 Å². The van der Waals surface area contributed by atoms with Crippen LogP contribution in [0, 0.1) is 34.9 Å². The highest BCUT2D eigenvalue weighted by Crippen LogP contribution is 2.32. The summed E-state index contributed by atoms with van der Waals surface area (Å²) in [4.78, 5) is 99.4. The normalized spacial score (nSPS) is 9.94. The predicted octanol–water partition coefficient (Wildman–Crippen LogP) is 17.9. The molecular formula is C93H113Br2ClF15IN18O9. The van der Waals surface area contributed by atoms with Crippen LogP contribution < -0.4 is 95.7 Å². The molecule has 0 aliphatic carbocycles. The van der Waals surface area contributed by atoms with Crippen LogP contribution in [0.3, 0.4) is 0 Å². The van der Waals surface area contributed by atoms with E-state index in [2.05, 4.69) is 150 Å². The Balaban J connectivity index is 0.000000782. The molecule has 0 aromatic heterocycles. The zero-order valence-corrected chi connectivity index (χ0v) is 81.7. The third kappa shape index (κ3) is 64.2. The van der Waals surface area contributed by atoms with Crippen LogP contribution in [0.25, 0.3) is 0 Å². The molecule has 762 valence electrons. The first-order valence-corrected chi connectivity index (χ1v) is 45.3. The molecule has 0 saturated carbocycles. The zero-order chi connectivity index (χ0) is 103. The van der Waals surface area contributed by atoms with Crippen molar-refractivity contribution >= 4 is 120 Å². The molecule has 0 unspecified atom stereocenters. The smallest absolute Gasteiger partial charge is 0.336 e. The van der Waals surface area contributed by atoms with Gasteiger partial charge < -0.3 is 95.7 Å². The minimum absolute atomic E-state index is 0.00321. The van der Waals surface area contributed by atoms with Crippen molar-refractivity contribution in [3.05, 3.63) is 314 Å². The lowest BCUT2D eigenvalue weighted by Crippen LogP contribution is -2.36. The molecule has 46 heteroatoms. The Morgan fingerprint density at radius 2 is 0.590 bits per heavy atom. The summed E-state index contributed by atoms with van der Waals surface area (Å²) in [6, 6.07) is 56.2. The zero-order valence-electron chi connectivity index (χ0n) is 75.7. The standard InChI is InChI=1S/C11H12F4N2O.2C11H15FN2O.2C10H12BrFN2O.C10H11ClF2N2O.2C10H12F2N2O.C10H12FIN2O/c12-5-6-16-10(18)17-7-8-3-1-2-4-9(8)11(13,14)15;1-9-3-2-4-10(7-9)8-14-11(15)13-6-5-12;1-9-4-2-3-5-10(9)8-14-11(15)13-7-6-12;11-9-3-1-2-8(6-9)7-14-10(15)13-5-4-12;11-9-4-2-1-3-8(9)7-14-10(15)13-6-5-12;11-8-3-1-2-7(9(8)13)6-15-10(16)14-5-4-12;11-4-5-13-10(15)14-7-8-2-1-3-9(12)6-8;11-5-6-13-10(15)14-7-8-3-1-2-4-9(8)12;11-4-5-13-10(15)14-7-8-2-1-3-9(12)6-8/h1-4H,5-7H2,(H2,16,17,18);2-4,7H,5-6,8H2,1H3,(H2,13,14,15);2-5H,6-8H2,1H3,(H2,13,14,15);1-3,6H,4-5,7H2,(H2,13,14,15);1-4H,5-7H2,(H2,13,14,15);1-3H,4-6H2,(H2,14,15,16);1-3,6H,4-5,7H2,(H2,13,14,15);1-4H,5-7H2,(H2,13,14,15);1-3,6H,4-5,7H2,(H2,13,14,15).